The molecule has 0 saturated carbocycles. The van der Waals surface area contributed by atoms with Gasteiger partial charge in [0, 0.05) is 22.8 Å². The van der Waals surface area contributed by atoms with Gasteiger partial charge in [0.2, 0.25) is 5.91 Å². The predicted octanol–water partition coefficient (Wildman–Crippen LogP) is 3.54. The van der Waals surface area contributed by atoms with Crippen molar-refractivity contribution in [1.29, 1.82) is 0 Å². The Hall–Kier alpha value is -2.40. The van der Waals surface area contributed by atoms with Crippen molar-refractivity contribution in [3.8, 4) is 9.88 Å². The lowest BCUT2D eigenvalue weighted by Gasteiger charge is -2.27. The number of benzene rings is 1. The highest BCUT2D eigenvalue weighted by atomic mass is 79.9. The molecule has 2 fully saturated rings. The molecule has 2 amide bonds. The molecule has 10 heteroatoms. The van der Waals surface area contributed by atoms with Crippen LogP contribution in [0.2, 0.25) is 0 Å². The van der Waals surface area contributed by atoms with E-state index >= 15 is 0 Å². The minimum absolute atomic E-state index is 0.0349. The maximum atomic E-state index is 13.5. The number of thiophene rings is 1. The zero-order valence-electron chi connectivity index (χ0n) is 17.4. The molecule has 2 aliphatic rings. The molecule has 7 nitrogen and oxygen atoms in total. The third-order valence-corrected chi connectivity index (χ3v) is 8.23. The Bertz CT molecular complexity index is 1180. The second-order valence-corrected chi connectivity index (χ2v) is 10.7. The van der Waals surface area contributed by atoms with E-state index in [-0.39, 0.29) is 30.1 Å². The molecule has 0 spiro atoms. The summed E-state index contributed by atoms with van der Waals surface area (Å²) in [6, 6.07) is 10.1. The third-order valence-electron chi connectivity index (χ3n) is 5.82. The number of nitrogens with zero attached hydrogens (tertiary/aromatic N) is 2. The molecule has 0 radical (unpaired) electrons. The number of hydrogen-bond acceptors (Lipinski definition) is 7. The van der Waals surface area contributed by atoms with Gasteiger partial charge in [0.25, 0.3) is 5.91 Å². The van der Waals surface area contributed by atoms with E-state index in [2.05, 4.69) is 26.2 Å². The van der Waals surface area contributed by atoms with Crippen LogP contribution in [-0.4, -0.2) is 58.8 Å². The Balaban J connectivity index is 1.37. The molecular weight excluding hydrogens is 526 g/mol. The molecular formula is C23H20BrN3O4S2. The quantitative estimate of drug-likeness (QED) is 0.511. The number of hydrogen-bond donors (Lipinski definition) is 1. The van der Waals surface area contributed by atoms with Crippen molar-refractivity contribution < 1.29 is 19.1 Å². The lowest BCUT2D eigenvalue weighted by atomic mass is 10.0. The molecule has 0 bridgehead atoms. The number of aromatic nitrogens is 1. The Kier molecular flexibility index (Phi) is 6.42. The molecule has 0 aliphatic carbocycles. The van der Waals surface area contributed by atoms with Crippen molar-refractivity contribution in [2.24, 2.45) is 0 Å². The fourth-order valence-electron chi connectivity index (χ4n) is 4.22. The van der Waals surface area contributed by atoms with Crippen molar-refractivity contribution in [1.82, 2.24) is 15.2 Å². The van der Waals surface area contributed by atoms with Crippen LogP contribution in [-0.2, 0) is 20.7 Å². The summed E-state index contributed by atoms with van der Waals surface area (Å²) in [5, 5.41) is 7.30. The Morgan fingerprint density at radius 3 is 2.82 bits per heavy atom. The number of likely N-dealkylation sites (tertiary alicyclic amines) is 1. The second kappa shape index (κ2) is 9.46. The minimum atomic E-state index is -0.822. The van der Waals surface area contributed by atoms with E-state index in [0.29, 0.717) is 19.4 Å². The van der Waals surface area contributed by atoms with E-state index in [4.69, 9.17) is 4.74 Å². The maximum Gasteiger partial charge on any atom is 0.271 e. The molecule has 5 rings (SSSR count). The Morgan fingerprint density at radius 1 is 1.24 bits per heavy atom. The SMILES string of the molecule is O=C(NC(Cc1ccc(Br)cc1)C(=O)N1CCC2OCC(=O)C21)c1csc(-c2cccs2)n1. The van der Waals surface area contributed by atoms with Crippen LogP contribution >= 0.6 is 38.6 Å². The first-order chi connectivity index (χ1) is 16.0. The van der Waals surface area contributed by atoms with Gasteiger partial charge in [0.1, 0.15) is 29.4 Å². The highest BCUT2D eigenvalue weighted by Gasteiger charge is 2.48. The fourth-order valence-corrected chi connectivity index (χ4v) is 6.10. The zero-order chi connectivity index (χ0) is 22.9. The number of carbonyl (C=O) groups is 3. The molecule has 4 heterocycles. The van der Waals surface area contributed by atoms with Crippen LogP contribution in [0.15, 0.2) is 51.6 Å². The standard InChI is InChI=1S/C23H20BrN3O4S2/c24-14-5-3-13(4-6-14)10-15(23(30)27-8-7-18-20(27)17(28)11-31-18)25-21(29)16-12-33-22(26-16)19-2-1-9-32-19/h1-6,9,12,15,18,20H,7-8,10-11H2,(H,25,29). The lowest BCUT2D eigenvalue weighted by molar-refractivity contribution is -0.138. The molecule has 2 saturated heterocycles. The van der Waals surface area contributed by atoms with Gasteiger partial charge in [-0.1, -0.05) is 34.1 Å². The van der Waals surface area contributed by atoms with Gasteiger partial charge in [0.15, 0.2) is 5.78 Å². The molecule has 3 atom stereocenters. The molecule has 2 aliphatic heterocycles. The summed E-state index contributed by atoms with van der Waals surface area (Å²) in [6.45, 7) is 0.471. The number of amides is 2. The van der Waals surface area contributed by atoms with Crippen LogP contribution in [0.4, 0.5) is 0 Å². The first-order valence-electron chi connectivity index (χ1n) is 10.5. The van der Waals surface area contributed by atoms with Crippen molar-refractivity contribution in [3.63, 3.8) is 0 Å². The van der Waals surface area contributed by atoms with Crippen molar-refractivity contribution in [3.05, 3.63) is 62.9 Å². The van der Waals surface area contributed by atoms with Gasteiger partial charge in [-0.2, -0.15) is 0 Å². The largest absolute Gasteiger partial charge is 0.368 e. The number of ketones is 1. The number of carbonyl (C=O) groups excluding carboxylic acids is 3. The van der Waals surface area contributed by atoms with Gasteiger partial charge < -0.3 is 15.0 Å². The number of ether oxygens (including phenoxy) is 1. The molecule has 1 aromatic carbocycles. The number of thiazole rings is 1. The van der Waals surface area contributed by atoms with Crippen molar-refractivity contribution >= 4 is 56.2 Å². The predicted molar refractivity (Wildman–Crippen MR) is 129 cm³/mol. The first-order valence-corrected chi connectivity index (χ1v) is 13.0. The summed E-state index contributed by atoms with van der Waals surface area (Å²) in [5.74, 6) is -0.764. The van der Waals surface area contributed by atoms with Crippen LogP contribution in [0.1, 0.15) is 22.5 Å². The summed E-state index contributed by atoms with van der Waals surface area (Å²) in [4.78, 5) is 46.0. The summed E-state index contributed by atoms with van der Waals surface area (Å²) in [7, 11) is 0. The van der Waals surface area contributed by atoms with E-state index in [1.807, 2.05) is 41.8 Å². The molecule has 1 N–H and O–H groups in total. The average Bonchev–Trinajstić information content (AvgIpc) is 3.60. The van der Waals surface area contributed by atoms with E-state index in [0.717, 1.165) is 19.9 Å². The fraction of sp³-hybridized carbons (Fsp3) is 0.304. The molecule has 2 aromatic heterocycles. The summed E-state index contributed by atoms with van der Waals surface area (Å²) in [6.07, 6.45) is 0.678. The van der Waals surface area contributed by atoms with E-state index in [9.17, 15) is 14.4 Å². The Labute approximate surface area is 206 Å². The van der Waals surface area contributed by atoms with Gasteiger partial charge in [-0.3, -0.25) is 14.4 Å². The number of halogens is 1. The molecule has 3 unspecified atom stereocenters. The summed E-state index contributed by atoms with van der Waals surface area (Å²) in [5.41, 5.74) is 1.18. The van der Waals surface area contributed by atoms with Crippen molar-refractivity contribution in [2.75, 3.05) is 13.2 Å². The minimum Gasteiger partial charge on any atom is -0.368 e. The smallest absolute Gasteiger partial charge is 0.271 e. The van der Waals surface area contributed by atoms with Gasteiger partial charge in [0.05, 0.1) is 11.0 Å². The first kappa shape index (κ1) is 22.4. The number of rotatable bonds is 6. The van der Waals surface area contributed by atoms with E-state index in [1.165, 1.54) is 11.3 Å². The Morgan fingerprint density at radius 2 is 2.06 bits per heavy atom. The van der Waals surface area contributed by atoms with Crippen LogP contribution in [0.25, 0.3) is 9.88 Å². The lowest BCUT2D eigenvalue weighted by Crippen LogP contribution is -2.53. The van der Waals surface area contributed by atoms with Gasteiger partial charge in [-0.15, -0.1) is 22.7 Å². The average molecular weight is 546 g/mol. The highest BCUT2D eigenvalue weighted by molar-refractivity contribution is 9.10. The summed E-state index contributed by atoms with van der Waals surface area (Å²) < 4.78 is 6.45. The molecule has 3 aromatic rings. The third kappa shape index (κ3) is 4.65. The second-order valence-electron chi connectivity index (χ2n) is 7.95. The van der Waals surface area contributed by atoms with Crippen LogP contribution in [0.3, 0.4) is 0 Å². The molecule has 170 valence electrons. The van der Waals surface area contributed by atoms with Gasteiger partial charge in [-0.05, 0) is 35.6 Å². The normalized spacial score (nSPS) is 20.6. The monoisotopic (exact) mass is 545 g/mol. The van der Waals surface area contributed by atoms with E-state index < -0.39 is 18.0 Å². The van der Waals surface area contributed by atoms with Crippen LogP contribution in [0, 0.1) is 0 Å². The van der Waals surface area contributed by atoms with Crippen molar-refractivity contribution in [2.45, 2.75) is 31.0 Å². The van der Waals surface area contributed by atoms with Crippen LogP contribution < -0.4 is 5.32 Å². The topological polar surface area (TPSA) is 88.6 Å². The maximum absolute atomic E-state index is 13.5. The molecule has 33 heavy (non-hydrogen) atoms. The van der Waals surface area contributed by atoms with Gasteiger partial charge in [-0.25, -0.2) is 4.98 Å². The highest BCUT2D eigenvalue weighted by Crippen LogP contribution is 2.29. The number of fused-ring (bicyclic) bond motifs is 1. The zero-order valence-corrected chi connectivity index (χ0v) is 20.6. The van der Waals surface area contributed by atoms with Gasteiger partial charge >= 0.3 is 0 Å². The number of Topliss-reactive ketones (excluding diaryl/α,β-unsaturated/α-hetero) is 1. The number of nitrogens with one attached hydrogen (secondary N) is 1. The summed E-state index contributed by atoms with van der Waals surface area (Å²) >= 11 is 6.37. The van der Waals surface area contributed by atoms with E-state index in [1.54, 1.807) is 21.6 Å². The van der Waals surface area contributed by atoms with Crippen LogP contribution in [0.5, 0.6) is 0 Å².